The molecule has 0 aliphatic carbocycles. The second-order valence-corrected chi connectivity index (χ2v) is 7.76. The number of hydrogen-bond donors (Lipinski definition) is 0. The summed E-state index contributed by atoms with van der Waals surface area (Å²) in [6.45, 7) is 3.74. The highest BCUT2D eigenvalue weighted by molar-refractivity contribution is 6.31. The second-order valence-electron chi connectivity index (χ2n) is 7.08. The minimum Gasteiger partial charge on any atom is -0.322 e. The Balaban J connectivity index is 1.91. The molecule has 0 atom stereocenters. The molecule has 1 aliphatic heterocycles. The van der Waals surface area contributed by atoms with Crippen LogP contribution in [0.3, 0.4) is 0 Å². The van der Waals surface area contributed by atoms with Crippen LogP contribution in [0.1, 0.15) is 21.6 Å². The van der Waals surface area contributed by atoms with E-state index in [0.29, 0.717) is 27.7 Å². The van der Waals surface area contributed by atoms with Crippen LogP contribution in [-0.4, -0.2) is 17.1 Å². The Morgan fingerprint density at radius 1 is 0.933 bits per heavy atom. The number of pyridine rings is 1. The number of halogens is 3. The molecule has 1 amide bonds. The molecule has 4 rings (SSSR count). The van der Waals surface area contributed by atoms with Crippen molar-refractivity contribution in [1.29, 1.82) is 0 Å². The molecule has 5 nitrogen and oxygen atoms in total. The standard InChI is InChI=1S/C22H18Cl2FN3O2/c1-13-9-16(25)4-6-18(13)27-12-28(19-7-8-21(29)26(11-23)14(19)2)22(30)17-10-15(24)3-5-20(17)27/h3-10H,11-12H2,1-2H3. The van der Waals surface area contributed by atoms with Crippen molar-refractivity contribution >= 4 is 46.2 Å². The Kier molecular flexibility index (Phi) is 5.30. The Morgan fingerprint density at radius 2 is 1.63 bits per heavy atom. The smallest absolute Gasteiger partial charge is 0.261 e. The number of amides is 1. The number of alkyl halides is 1. The average Bonchev–Trinajstić information content (AvgIpc) is 2.70. The molecule has 0 saturated heterocycles. The fraction of sp³-hybridized carbons (Fsp3) is 0.182. The minimum absolute atomic E-state index is 0.0241. The molecular formula is C22H18Cl2FN3O2. The summed E-state index contributed by atoms with van der Waals surface area (Å²) in [6, 6.07) is 12.6. The van der Waals surface area contributed by atoms with Gasteiger partial charge in [0, 0.05) is 22.5 Å². The third-order valence-corrected chi connectivity index (χ3v) is 5.77. The van der Waals surface area contributed by atoms with E-state index in [1.54, 1.807) is 42.2 Å². The molecule has 154 valence electrons. The molecule has 2 heterocycles. The van der Waals surface area contributed by atoms with Crippen LogP contribution >= 0.6 is 23.2 Å². The third-order valence-electron chi connectivity index (χ3n) is 5.29. The molecule has 0 spiro atoms. The highest BCUT2D eigenvalue weighted by Crippen LogP contribution is 2.38. The van der Waals surface area contributed by atoms with Crippen molar-refractivity contribution < 1.29 is 9.18 Å². The molecule has 0 bridgehead atoms. The van der Waals surface area contributed by atoms with Crippen molar-refractivity contribution in [1.82, 2.24) is 4.57 Å². The summed E-state index contributed by atoms with van der Waals surface area (Å²) in [5, 5.41) is 0.433. The van der Waals surface area contributed by atoms with Gasteiger partial charge in [-0.05, 0) is 61.9 Å². The van der Waals surface area contributed by atoms with E-state index in [1.807, 2.05) is 11.8 Å². The lowest BCUT2D eigenvalue weighted by molar-refractivity contribution is 0.0983. The van der Waals surface area contributed by atoms with Crippen LogP contribution in [0.15, 0.2) is 53.3 Å². The Labute approximate surface area is 182 Å². The van der Waals surface area contributed by atoms with E-state index in [4.69, 9.17) is 23.2 Å². The monoisotopic (exact) mass is 445 g/mol. The van der Waals surface area contributed by atoms with Crippen LogP contribution in [0.2, 0.25) is 5.02 Å². The molecule has 0 radical (unpaired) electrons. The maximum atomic E-state index is 13.7. The zero-order valence-electron chi connectivity index (χ0n) is 16.3. The summed E-state index contributed by atoms with van der Waals surface area (Å²) in [4.78, 5) is 29.0. The van der Waals surface area contributed by atoms with Gasteiger partial charge in [-0.15, -0.1) is 11.6 Å². The lowest BCUT2D eigenvalue weighted by atomic mass is 10.0. The van der Waals surface area contributed by atoms with Gasteiger partial charge in [0.2, 0.25) is 0 Å². The van der Waals surface area contributed by atoms with Crippen LogP contribution in [0.5, 0.6) is 0 Å². The summed E-state index contributed by atoms with van der Waals surface area (Å²) < 4.78 is 15.1. The number of rotatable bonds is 3. The highest BCUT2D eigenvalue weighted by Gasteiger charge is 2.33. The highest BCUT2D eigenvalue weighted by atomic mass is 35.5. The fourth-order valence-electron chi connectivity index (χ4n) is 3.75. The first-order chi connectivity index (χ1) is 14.3. The summed E-state index contributed by atoms with van der Waals surface area (Å²) in [7, 11) is 0. The third kappa shape index (κ3) is 3.36. The van der Waals surface area contributed by atoms with Gasteiger partial charge in [-0.1, -0.05) is 11.6 Å². The first-order valence-corrected chi connectivity index (χ1v) is 10.1. The molecular weight excluding hydrogens is 428 g/mol. The molecule has 0 unspecified atom stereocenters. The fourth-order valence-corrected chi connectivity index (χ4v) is 4.22. The zero-order valence-corrected chi connectivity index (χ0v) is 17.8. The number of fused-ring (bicyclic) bond motifs is 1. The molecule has 0 fully saturated rings. The van der Waals surface area contributed by atoms with E-state index in [-0.39, 0.29) is 30.0 Å². The maximum absolute atomic E-state index is 13.7. The van der Waals surface area contributed by atoms with Crippen molar-refractivity contribution in [2.24, 2.45) is 0 Å². The number of hydrogen-bond acceptors (Lipinski definition) is 3. The van der Waals surface area contributed by atoms with Gasteiger partial charge in [-0.2, -0.15) is 0 Å². The van der Waals surface area contributed by atoms with Gasteiger partial charge in [0.15, 0.2) is 0 Å². The van der Waals surface area contributed by atoms with Gasteiger partial charge in [-0.25, -0.2) is 4.39 Å². The molecule has 0 N–H and O–H groups in total. The van der Waals surface area contributed by atoms with E-state index in [9.17, 15) is 14.0 Å². The van der Waals surface area contributed by atoms with Crippen molar-refractivity contribution in [2.45, 2.75) is 19.9 Å². The molecule has 2 aromatic carbocycles. The number of anilines is 3. The number of benzene rings is 2. The summed E-state index contributed by atoms with van der Waals surface area (Å²) >= 11 is 12.1. The maximum Gasteiger partial charge on any atom is 0.261 e. The number of carbonyl (C=O) groups excluding carboxylic acids is 1. The van der Waals surface area contributed by atoms with Crippen LogP contribution in [0, 0.1) is 19.7 Å². The van der Waals surface area contributed by atoms with Gasteiger partial charge < -0.3 is 4.90 Å². The minimum atomic E-state index is -0.331. The predicted octanol–water partition coefficient (Wildman–Crippen LogP) is 5.21. The SMILES string of the molecule is Cc1cc(F)ccc1N1CN(c2ccc(=O)n(CCl)c2C)C(=O)c2cc(Cl)ccc21. The van der Waals surface area contributed by atoms with Crippen molar-refractivity contribution in [3.63, 3.8) is 0 Å². The first kappa shape index (κ1) is 20.4. The summed E-state index contributed by atoms with van der Waals surface area (Å²) in [5.41, 5.74) is 3.49. The molecule has 8 heteroatoms. The largest absolute Gasteiger partial charge is 0.322 e. The Hall–Kier alpha value is -2.83. The van der Waals surface area contributed by atoms with Gasteiger partial charge in [0.05, 0.1) is 16.9 Å². The van der Waals surface area contributed by atoms with E-state index in [0.717, 1.165) is 11.3 Å². The van der Waals surface area contributed by atoms with Gasteiger partial charge in [0.25, 0.3) is 11.5 Å². The second kappa shape index (κ2) is 7.78. The van der Waals surface area contributed by atoms with Gasteiger partial charge in [0.1, 0.15) is 18.5 Å². The topological polar surface area (TPSA) is 45.5 Å². The summed E-state index contributed by atoms with van der Waals surface area (Å²) in [5.74, 6) is -0.575. The molecule has 3 aromatic rings. The van der Waals surface area contributed by atoms with Crippen molar-refractivity contribution in [2.75, 3.05) is 16.5 Å². The quantitative estimate of drug-likeness (QED) is 0.519. The molecule has 0 saturated carbocycles. The first-order valence-electron chi connectivity index (χ1n) is 9.23. The lowest BCUT2D eigenvalue weighted by Crippen LogP contribution is -2.46. The predicted molar refractivity (Wildman–Crippen MR) is 118 cm³/mol. The Morgan fingerprint density at radius 3 is 2.33 bits per heavy atom. The number of nitrogens with zero attached hydrogens (tertiary/aromatic N) is 3. The normalized spacial score (nSPS) is 13.6. The van der Waals surface area contributed by atoms with Crippen LogP contribution in [-0.2, 0) is 6.00 Å². The van der Waals surface area contributed by atoms with E-state index in [1.165, 1.54) is 22.8 Å². The van der Waals surface area contributed by atoms with E-state index < -0.39 is 0 Å². The zero-order chi connectivity index (χ0) is 21.6. The van der Waals surface area contributed by atoms with E-state index in [2.05, 4.69) is 0 Å². The van der Waals surface area contributed by atoms with Crippen LogP contribution in [0.25, 0.3) is 0 Å². The molecule has 1 aromatic heterocycles. The number of carbonyl (C=O) groups is 1. The van der Waals surface area contributed by atoms with Crippen molar-refractivity contribution in [3.8, 4) is 0 Å². The van der Waals surface area contributed by atoms with Crippen molar-refractivity contribution in [3.05, 3.63) is 86.5 Å². The van der Waals surface area contributed by atoms with Crippen LogP contribution in [0.4, 0.5) is 21.5 Å². The lowest BCUT2D eigenvalue weighted by Gasteiger charge is -2.39. The van der Waals surface area contributed by atoms with Crippen LogP contribution < -0.4 is 15.4 Å². The summed E-state index contributed by atoms with van der Waals surface area (Å²) in [6.07, 6.45) is 0. The van der Waals surface area contributed by atoms with Gasteiger partial charge in [-0.3, -0.25) is 19.1 Å². The number of aromatic nitrogens is 1. The van der Waals surface area contributed by atoms with E-state index >= 15 is 0 Å². The molecule has 1 aliphatic rings. The van der Waals surface area contributed by atoms with Gasteiger partial charge >= 0.3 is 0 Å². The molecule has 30 heavy (non-hydrogen) atoms. The number of aryl methyl sites for hydroxylation is 1. The Bertz CT molecular complexity index is 1230. The average molecular weight is 446 g/mol.